The van der Waals surface area contributed by atoms with Crippen molar-refractivity contribution in [3.8, 4) is 11.3 Å². The van der Waals surface area contributed by atoms with Crippen LogP contribution in [-0.2, 0) is 12.8 Å². The largest absolute Gasteiger partial charge is 0.465 e. The topological polar surface area (TPSA) is 74.2 Å². The van der Waals surface area contributed by atoms with E-state index in [4.69, 9.17) is 10.1 Å². The molecule has 27 heavy (non-hydrogen) atoms. The molecule has 0 bridgehead atoms. The van der Waals surface area contributed by atoms with E-state index >= 15 is 0 Å². The molecule has 1 amide bonds. The summed E-state index contributed by atoms with van der Waals surface area (Å²) in [5.41, 5.74) is 3.06. The molecule has 1 heterocycles. The van der Waals surface area contributed by atoms with Crippen LogP contribution in [-0.4, -0.2) is 28.8 Å². The first-order chi connectivity index (χ1) is 13.1. The number of anilines is 1. The second-order valence-corrected chi connectivity index (χ2v) is 8.58. The van der Waals surface area contributed by atoms with E-state index in [1.165, 1.54) is 16.5 Å². The molecule has 1 saturated carbocycles. The van der Waals surface area contributed by atoms with Gasteiger partial charge in [0.25, 0.3) is 0 Å². The SMILES string of the molecule is O=C(O)NCC1CCC(Nc2nc3c(s2)CCCc2ccc(F)cc2-3)CC1. The van der Waals surface area contributed by atoms with Crippen LogP contribution in [0.15, 0.2) is 18.2 Å². The van der Waals surface area contributed by atoms with E-state index < -0.39 is 6.09 Å². The Morgan fingerprint density at radius 1 is 1.26 bits per heavy atom. The molecule has 2 aromatic rings. The van der Waals surface area contributed by atoms with Gasteiger partial charge in [-0.2, -0.15) is 0 Å². The fourth-order valence-electron chi connectivity index (χ4n) is 4.14. The highest BCUT2D eigenvalue weighted by Gasteiger charge is 2.24. The monoisotopic (exact) mass is 389 g/mol. The molecule has 3 N–H and O–H groups in total. The van der Waals surface area contributed by atoms with E-state index in [-0.39, 0.29) is 5.82 Å². The van der Waals surface area contributed by atoms with Gasteiger partial charge in [-0.25, -0.2) is 14.2 Å². The van der Waals surface area contributed by atoms with Crippen molar-refractivity contribution >= 4 is 22.6 Å². The zero-order valence-electron chi connectivity index (χ0n) is 15.1. The van der Waals surface area contributed by atoms with Gasteiger partial charge in [0.15, 0.2) is 5.13 Å². The number of nitrogens with zero attached hydrogens (tertiary/aromatic N) is 1. The first-order valence-corrected chi connectivity index (χ1v) is 10.4. The van der Waals surface area contributed by atoms with Gasteiger partial charge in [0.05, 0.1) is 5.69 Å². The van der Waals surface area contributed by atoms with Crippen LogP contribution >= 0.6 is 11.3 Å². The third-order valence-electron chi connectivity index (χ3n) is 5.59. The minimum Gasteiger partial charge on any atom is -0.465 e. The molecule has 5 nitrogen and oxygen atoms in total. The van der Waals surface area contributed by atoms with Crippen molar-refractivity contribution in [2.75, 3.05) is 11.9 Å². The molecular weight excluding hydrogens is 365 g/mol. The Kier molecular flexibility index (Phi) is 5.29. The molecule has 7 heteroatoms. The third kappa shape index (κ3) is 4.24. The third-order valence-corrected chi connectivity index (χ3v) is 6.64. The molecule has 0 unspecified atom stereocenters. The Balaban J connectivity index is 1.43. The highest BCUT2D eigenvalue weighted by Crippen LogP contribution is 2.38. The van der Waals surface area contributed by atoms with Gasteiger partial charge >= 0.3 is 6.09 Å². The van der Waals surface area contributed by atoms with Gasteiger partial charge < -0.3 is 15.7 Å². The quantitative estimate of drug-likeness (QED) is 0.710. The summed E-state index contributed by atoms with van der Waals surface area (Å²) in [6.07, 6.45) is 6.12. The van der Waals surface area contributed by atoms with E-state index in [0.29, 0.717) is 18.5 Å². The van der Waals surface area contributed by atoms with Crippen LogP contribution in [0.3, 0.4) is 0 Å². The fourth-order valence-corrected chi connectivity index (χ4v) is 5.23. The van der Waals surface area contributed by atoms with Crippen molar-refractivity contribution in [3.63, 3.8) is 0 Å². The maximum atomic E-state index is 13.8. The van der Waals surface area contributed by atoms with E-state index in [0.717, 1.165) is 61.3 Å². The molecule has 2 aliphatic rings. The van der Waals surface area contributed by atoms with E-state index in [2.05, 4.69) is 10.6 Å². The summed E-state index contributed by atoms with van der Waals surface area (Å²) in [4.78, 5) is 16.7. The molecule has 2 aliphatic carbocycles. The minimum absolute atomic E-state index is 0.211. The highest BCUT2D eigenvalue weighted by molar-refractivity contribution is 7.16. The van der Waals surface area contributed by atoms with Crippen molar-refractivity contribution in [3.05, 3.63) is 34.5 Å². The average molecular weight is 389 g/mol. The fraction of sp³-hybridized carbons (Fsp3) is 0.500. The lowest BCUT2D eigenvalue weighted by Gasteiger charge is -2.28. The van der Waals surface area contributed by atoms with Crippen LogP contribution < -0.4 is 10.6 Å². The molecule has 4 rings (SSSR count). The molecule has 0 radical (unpaired) electrons. The molecular formula is C20H24FN3O2S. The van der Waals surface area contributed by atoms with Crippen molar-refractivity contribution in [1.82, 2.24) is 10.3 Å². The summed E-state index contributed by atoms with van der Waals surface area (Å²) in [5, 5.41) is 15.7. The number of halogens is 1. The molecule has 0 atom stereocenters. The molecule has 0 spiro atoms. The number of carboxylic acid groups (broad SMARTS) is 1. The predicted octanol–water partition coefficient (Wildman–Crippen LogP) is 4.68. The normalized spacial score (nSPS) is 21.7. The predicted molar refractivity (Wildman–Crippen MR) is 105 cm³/mol. The Morgan fingerprint density at radius 3 is 2.85 bits per heavy atom. The van der Waals surface area contributed by atoms with E-state index in [9.17, 15) is 9.18 Å². The van der Waals surface area contributed by atoms with Gasteiger partial charge in [-0.1, -0.05) is 6.07 Å². The lowest BCUT2D eigenvalue weighted by atomic mass is 9.86. The van der Waals surface area contributed by atoms with E-state index in [1.807, 2.05) is 6.07 Å². The second-order valence-electron chi connectivity index (χ2n) is 7.49. The molecule has 0 saturated heterocycles. The van der Waals surface area contributed by atoms with Gasteiger partial charge in [-0.3, -0.25) is 0 Å². The Labute approximate surface area is 162 Å². The number of nitrogens with one attached hydrogen (secondary N) is 2. The maximum absolute atomic E-state index is 13.8. The lowest BCUT2D eigenvalue weighted by molar-refractivity contribution is 0.190. The number of hydrogen-bond acceptors (Lipinski definition) is 4. The van der Waals surface area contributed by atoms with Crippen LogP contribution in [0.5, 0.6) is 0 Å². The van der Waals surface area contributed by atoms with Crippen molar-refractivity contribution in [2.45, 2.75) is 51.0 Å². The zero-order chi connectivity index (χ0) is 18.8. The van der Waals surface area contributed by atoms with Gasteiger partial charge in [0, 0.05) is 23.0 Å². The number of benzene rings is 1. The van der Waals surface area contributed by atoms with E-state index in [1.54, 1.807) is 17.4 Å². The summed E-state index contributed by atoms with van der Waals surface area (Å²) in [6.45, 7) is 0.538. The smallest absolute Gasteiger partial charge is 0.404 e. The summed E-state index contributed by atoms with van der Waals surface area (Å²) in [5.74, 6) is 0.208. The molecule has 144 valence electrons. The zero-order valence-corrected chi connectivity index (χ0v) is 15.9. The number of carbonyl (C=O) groups is 1. The lowest BCUT2D eigenvalue weighted by Crippen LogP contribution is -2.33. The van der Waals surface area contributed by atoms with Crippen LogP contribution in [0.25, 0.3) is 11.3 Å². The number of thiazole rings is 1. The van der Waals surface area contributed by atoms with Gasteiger partial charge in [-0.15, -0.1) is 11.3 Å². The first kappa shape index (κ1) is 18.2. The highest BCUT2D eigenvalue weighted by atomic mass is 32.1. The number of amides is 1. The molecule has 1 fully saturated rings. The maximum Gasteiger partial charge on any atom is 0.404 e. The number of hydrogen-bond donors (Lipinski definition) is 3. The number of aromatic nitrogens is 1. The Morgan fingerprint density at radius 2 is 2.07 bits per heavy atom. The summed E-state index contributed by atoms with van der Waals surface area (Å²) < 4.78 is 13.8. The Hall–Kier alpha value is -2.15. The molecule has 1 aromatic carbocycles. The van der Waals surface area contributed by atoms with Crippen LogP contribution in [0.1, 0.15) is 42.5 Å². The first-order valence-electron chi connectivity index (χ1n) is 9.60. The van der Waals surface area contributed by atoms with Crippen molar-refractivity contribution in [2.24, 2.45) is 5.92 Å². The van der Waals surface area contributed by atoms with Gasteiger partial charge in [0.2, 0.25) is 0 Å². The van der Waals surface area contributed by atoms with Crippen LogP contribution in [0, 0.1) is 11.7 Å². The second kappa shape index (κ2) is 7.84. The van der Waals surface area contributed by atoms with Gasteiger partial charge in [0.1, 0.15) is 5.82 Å². The number of fused-ring (bicyclic) bond motifs is 3. The number of aryl methyl sites for hydroxylation is 2. The standard InChI is InChI=1S/C20H24FN3O2S/c21-14-7-6-13-2-1-3-17-18(16(13)10-14)24-19(27-17)23-15-8-4-12(5-9-15)11-22-20(25)26/h6-7,10,12,15,22H,1-5,8-9,11H2,(H,23,24)(H,25,26). The van der Waals surface area contributed by atoms with Crippen molar-refractivity contribution < 1.29 is 14.3 Å². The summed E-state index contributed by atoms with van der Waals surface area (Å²) >= 11 is 1.69. The van der Waals surface area contributed by atoms with Gasteiger partial charge in [-0.05, 0) is 68.6 Å². The summed E-state index contributed by atoms with van der Waals surface area (Å²) in [7, 11) is 0. The number of rotatable bonds is 4. The Bertz CT molecular complexity index is 831. The minimum atomic E-state index is -0.948. The van der Waals surface area contributed by atoms with Crippen LogP contribution in [0.2, 0.25) is 0 Å². The van der Waals surface area contributed by atoms with Crippen LogP contribution in [0.4, 0.5) is 14.3 Å². The molecule has 0 aliphatic heterocycles. The molecule has 1 aromatic heterocycles. The average Bonchev–Trinajstić information content (AvgIpc) is 2.97. The van der Waals surface area contributed by atoms with Crippen molar-refractivity contribution in [1.29, 1.82) is 0 Å². The summed E-state index contributed by atoms with van der Waals surface area (Å²) in [6, 6.07) is 5.41.